The maximum Gasteiger partial charge on any atom is 0.184 e. The minimum Gasteiger partial charge on any atom is -0.378 e. The standard InChI is InChI=1S/C13H18N4S/c1-10(15-16-13(14)18)4-5-11-6-8-12(9-7-11)17(2)3/h4-9H,1-3H3,(H3,14,16,18)/b5-4+,15-10+. The van der Waals surface area contributed by atoms with Gasteiger partial charge in [0.1, 0.15) is 0 Å². The first-order valence-corrected chi connectivity index (χ1v) is 5.95. The number of nitrogens with one attached hydrogen (secondary N) is 1. The van der Waals surface area contributed by atoms with E-state index in [2.05, 4.69) is 51.9 Å². The first-order valence-electron chi connectivity index (χ1n) is 5.54. The van der Waals surface area contributed by atoms with Gasteiger partial charge in [-0.2, -0.15) is 5.10 Å². The molecule has 0 amide bonds. The molecule has 0 saturated carbocycles. The number of allylic oxidation sites excluding steroid dienone is 1. The van der Waals surface area contributed by atoms with Gasteiger partial charge in [0, 0.05) is 19.8 Å². The molecule has 1 rings (SSSR count). The van der Waals surface area contributed by atoms with Crippen molar-refractivity contribution in [2.45, 2.75) is 6.92 Å². The average molecular weight is 262 g/mol. The second-order valence-electron chi connectivity index (χ2n) is 4.05. The Balaban J connectivity index is 2.67. The van der Waals surface area contributed by atoms with Crippen LogP contribution in [-0.2, 0) is 0 Å². The van der Waals surface area contributed by atoms with Gasteiger partial charge in [-0.3, -0.25) is 5.43 Å². The Morgan fingerprint density at radius 1 is 1.33 bits per heavy atom. The maximum atomic E-state index is 5.28. The molecular formula is C13H18N4S. The fourth-order valence-electron chi connectivity index (χ4n) is 1.28. The summed E-state index contributed by atoms with van der Waals surface area (Å²) in [6, 6.07) is 8.25. The summed E-state index contributed by atoms with van der Waals surface area (Å²) in [6.07, 6.45) is 3.88. The minimum absolute atomic E-state index is 0.165. The van der Waals surface area contributed by atoms with Crippen LogP contribution in [0.4, 0.5) is 5.69 Å². The number of nitrogens with zero attached hydrogens (tertiary/aromatic N) is 2. The van der Waals surface area contributed by atoms with Crippen molar-refractivity contribution in [1.29, 1.82) is 0 Å². The molecule has 0 fully saturated rings. The zero-order valence-electron chi connectivity index (χ0n) is 10.8. The van der Waals surface area contributed by atoms with Crippen LogP contribution in [0.1, 0.15) is 12.5 Å². The van der Waals surface area contributed by atoms with E-state index in [1.54, 1.807) is 0 Å². The summed E-state index contributed by atoms with van der Waals surface area (Å²) in [6.45, 7) is 1.87. The number of rotatable bonds is 4. The van der Waals surface area contributed by atoms with Crippen LogP contribution >= 0.6 is 12.2 Å². The van der Waals surface area contributed by atoms with Gasteiger partial charge in [-0.25, -0.2) is 0 Å². The molecule has 1 aromatic carbocycles. The lowest BCUT2D eigenvalue weighted by Crippen LogP contribution is -2.24. The van der Waals surface area contributed by atoms with Crippen molar-refractivity contribution in [3.8, 4) is 0 Å². The van der Waals surface area contributed by atoms with E-state index in [1.807, 2.05) is 33.2 Å². The maximum absolute atomic E-state index is 5.28. The molecule has 1 aromatic rings. The SMILES string of the molecule is CC(/C=C/c1ccc(N(C)C)cc1)=N\NC(N)=S. The van der Waals surface area contributed by atoms with Gasteiger partial charge in [0.05, 0.1) is 5.71 Å². The molecule has 0 spiro atoms. The summed E-state index contributed by atoms with van der Waals surface area (Å²) >= 11 is 4.66. The highest BCUT2D eigenvalue weighted by molar-refractivity contribution is 7.80. The predicted molar refractivity (Wildman–Crippen MR) is 82.8 cm³/mol. The van der Waals surface area contributed by atoms with Crippen molar-refractivity contribution in [3.05, 3.63) is 35.9 Å². The zero-order chi connectivity index (χ0) is 13.5. The topological polar surface area (TPSA) is 53.6 Å². The first-order chi connectivity index (χ1) is 8.49. The van der Waals surface area contributed by atoms with Crippen molar-refractivity contribution >= 4 is 34.8 Å². The lowest BCUT2D eigenvalue weighted by atomic mass is 10.2. The molecule has 4 nitrogen and oxygen atoms in total. The highest BCUT2D eigenvalue weighted by Crippen LogP contribution is 2.13. The summed E-state index contributed by atoms with van der Waals surface area (Å²) in [5.41, 5.74) is 10.9. The van der Waals surface area contributed by atoms with Crippen LogP contribution in [0, 0.1) is 0 Å². The Hall–Kier alpha value is -1.88. The fourth-order valence-corrected chi connectivity index (χ4v) is 1.33. The third-order valence-corrected chi connectivity index (χ3v) is 2.36. The molecule has 0 aromatic heterocycles. The number of hydrogen-bond acceptors (Lipinski definition) is 3. The van der Waals surface area contributed by atoms with Crippen LogP contribution in [0.2, 0.25) is 0 Å². The summed E-state index contributed by atoms with van der Waals surface area (Å²) < 4.78 is 0. The van der Waals surface area contributed by atoms with Gasteiger partial charge in [0.15, 0.2) is 5.11 Å². The highest BCUT2D eigenvalue weighted by atomic mass is 32.1. The van der Waals surface area contributed by atoms with Crippen molar-refractivity contribution in [1.82, 2.24) is 5.43 Å². The predicted octanol–water partition coefficient (Wildman–Crippen LogP) is 1.97. The zero-order valence-corrected chi connectivity index (χ0v) is 11.7. The molecule has 3 N–H and O–H groups in total. The van der Waals surface area contributed by atoms with Crippen molar-refractivity contribution in [2.24, 2.45) is 10.8 Å². The molecule has 0 aliphatic carbocycles. The first kappa shape index (κ1) is 14.2. The third kappa shape index (κ3) is 4.97. The van der Waals surface area contributed by atoms with E-state index in [-0.39, 0.29) is 5.11 Å². The molecule has 0 aliphatic heterocycles. The van der Waals surface area contributed by atoms with Crippen LogP contribution in [0.3, 0.4) is 0 Å². The molecular weight excluding hydrogens is 244 g/mol. The number of benzene rings is 1. The number of anilines is 1. The van der Waals surface area contributed by atoms with E-state index in [0.717, 1.165) is 11.3 Å². The second-order valence-corrected chi connectivity index (χ2v) is 4.49. The van der Waals surface area contributed by atoms with Crippen LogP contribution in [0.15, 0.2) is 35.4 Å². The smallest absolute Gasteiger partial charge is 0.184 e. The summed E-state index contributed by atoms with van der Waals surface area (Å²) in [5.74, 6) is 0. The van der Waals surface area contributed by atoms with E-state index >= 15 is 0 Å². The van der Waals surface area contributed by atoms with Gasteiger partial charge in [-0.05, 0) is 42.9 Å². The van der Waals surface area contributed by atoms with Crippen LogP contribution in [0.25, 0.3) is 6.08 Å². The molecule has 0 bridgehead atoms. The van der Waals surface area contributed by atoms with E-state index < -0.39 is 0 Å². The van der Waals surface area contributed by atoms with Gasteiger partial charge in [0.25, 0.3) is 0 Å². The average Bonchev–Trinajstić information content (AvgIpc) is 2.34. The van der Waals surface area contributed by atoms with E-state index in [9.17, 15) is 0 Å². The molecule has 96 valence electrons. The van der Waals surface area contributed by atoms with Crippen molar-refractivity contribution in [2.75, 3.05) is 19.0 Å². The van der Waals surface area contributed by atoms with Gasteiger partial charge < -0.3 is 10.6 Å². The number of thiocarbonyl (C=S) groups is 1. The molecule has 0 heterocycles. The van der Waals surface area contributed by atoms with Gasteiger partial charge in [-0.15, -0.1) is 0 Å². The van der Waals surface area contributed by atoms with Crippen LogP contribution < -0.4 is 16.1 Å². The number of hydrogen-bond donors (Lipinski definition) is 2. The number of hydrazone groups is 1. The monoisotopic (exact) mass is 262 g/mol. The van der Waals surface area contributed by atoms with E-state index in [1.165, 1.54) is 5.69 Å². The number of nitrogens with two attached hydrogens (primary N) is 1. The Morgan fingerprint density at radius 2 is 1.94 bits per heavy atom. The van der Waals surface area contributed by atoms with Crippen molar-refractivity contribution < 1.29 is 0 Å². The highest BCUT2D eigenvalue weighted by Gasteiger charge is 1.93. The molecule has 0 unspecified atom stereocenters. The summed E-state index contributed by atoms with van der Waals surface area (Å²) in [7, 11) is 4.03. The molecule has 0 atom stereocenters. The normalized spacial score (nSPS) is 11.6. The summed E-state index contributed by atoms with van der Waals surface area (Å²) in [4.78, 5) is 2.06. The molecule has 5 heteroatoms. The Morgan fingerprint density at radius 3 is 2.44 bits per heavy atom. The minimum atomic E-state index is 0.165. The molecule has 0 aliphatic rings. The molecule has 0 saturated heterocycles. The molecule has 18 heavy (non-hydrogen) atoms. The van der Waals surface area contributed by atoms with Gasteiger partial charge >= 0.3 is 0 Å². The van der Waals surface area contributed by atoms with Crippen molar-refractivity contribution in [3.63, 3.8) is 0 Å². The third-order valence-electron chi connectivity index (χ3n) is 2.27. The van der Waals surface area contributed by atoms with Crippen LogP contribution in [-0.4, -0.2) is 24.9 Å². The largest absolute Gasteiger partial charge is 0.378 e. The lowest BCUT2D eigenvalue weighted by Gasteiger charge is -2.11. The van der Waals surface area contributed by atoms with E-state index in [0.29, 0.717) is 0 Å². The van der Waals surface area contributed by atoms with Gasteiger partial charge in [0.2, 0.25) is 0 Å². The molecule has 0 radical (unpaired) electrons. The Kier molecular flexibility index (Phi) is 5.32. The lowest BCUT2D eigenvalue weighted by molar-refractivity contribution is 1.03. The fraction of sp³-hybridized carbons (Fsp3) is 0.231. The Labute approximate surface area is 113 Å². The second kappa shape index (κ2) is 6.76. The quantitative estimate of drug-likeness (QED) is 0.495. The van der Waals surface area contributed by atoms with Crippen LogP contribution in [0.5, 0.6) is 0 Å². The van der Waals surface area contributed by atoms with E-state index in [4.69, 9.17) is 5.73 Å². The Bertz CT molecular complexity index is 460. The summed E-state index contributed by atoms with van der Waals surface area (Å²) in [5, 5.41) is 4.15. The van der Waals surface area contributed by atoms with Gasteiger partial charge in [-0.1, -0.05) is 18.2 Å².